The van der Waals surface area contributed by atoms with Gasteiger partial charge in [0.25, 0.3) is 0 Å². The van der Waals surface area contributed by atoms with Crippen LogP contribution in [0.4, 0.5) is 5.69 Å². The van der Waals surface area contributed by atoms with E-state index in [1.54, 1.807) is 10.8 Å². The molecule has 1 aliphatic carbocycles. The van der Waals surface area contributed by atoms with E-state index >= 15 is 0 Å². The summed E-state index contributed by atoms with van der Waals surface area (Å²) in [5.41, 5.74) is 5.78. The number of hydrogen-bond acceptors (Lipinski definition) is 5. The van der Waals surface area contributed by atoms with E-state index in [2.05, 4.69) is 15.3 Å². The van der Waals surface area contributed by atoms with Gasteiger partial charge in [0, 0.05) is 23.1 Å². The number of carbonyl (C=O) groups excluding carboxylic acids is 1. The molecule has 1 N–H and O–H groups in total. The molecule has 0 unspecified atom stereocenters. The smallest absolute Gasteiger partial charge is 0.325 e. The van der Waals surface area contributed by atoms with Crippen molar-refractivity contribution < 1.29 is 4.79 Å². The van der Waals surface area contributed by atoms with Crippen molar-refractivity contribution in [1.82, 2.24) is 14.5 Å². The van der Waals surface area contributed by atoms with Crippen molar-refractivity contribution in [2.75, 3.05) is 11.1 Å². The van der Waals surface area contributed by atoms with Crippen LogP contribution in [0.5, 0.6) is 0 Å². The first-order valence-electron chi connectivity index (χ1n) is 10.0. The Bertz CT molecular complexity index is 1140. The van der Waals surface area contributed by atoms with Gasteiger partial charge >= 0.3 is 5.69 Å². The summed E-state index contributed by atoms with van der Waals surface area (Å²) < 4.78 is 1.73. The molecule has 0 radical (unpaired) electrons. The summed E-state index contributed by atoms with van der Waals surface area (Å²) in [6.07, 6.45) is 4.45. The molecule has 7 heteroatoms. The lowest BCUT2D eigenvalue weighted by molar-refractivity contribution is -0.113. The Hall–Kier alpha value is -2.93. The molecule has 3 aromatic rings. The van der Waals surface area contributed by atoms with Gasteiger partial charge in [-0.05, 0) is 68.5 Å². The number of aryl methyl sites for hydroxylation is 2. The first-order valence-corrected chi connectivity index (χ1v) is 11.0. The van der Waals surface area contributed by atoms with Gasteiger partial charge in [-0.15, -0.1) is 0 Å². The zero-order valence-electron chi connectivity index (χ0n) is 17.1. The number of rotatable bonds is 6. The maximum atomic E-state index is 12.7. The van der Waals surface area contributed by atoms with E-state index in [9.17, 15) is 9.59 Å². The van der Waals surface area contributed by atoms with Crippen LogP contribution in [0.2, 0.25) is 0 Å². The van der Waals surface area contributed by atoms with E-state index < -0.39 is 0 Å². The Morgan fingerprint density at radius 2 is 2.03 bits per heavy atom. The molecule has 0 spiro atoms. The first-order chi connectivity index (χ1) is 14.5. The average molecular weight is 421 g/mol. The molecule has 0 saturated carbocycles. The molecule has 4 rings (SSSR count). The van der Waals surface area contributed by atoms with Gasteiger partial charge in [-0.2, -0.15) is 4.98 Å². The fourth-order valence-electron chi connectivity index (χ4n) is 3.67. The second-order valence-electron chi connectivity index (χ2n) is 7.52. The number of anilines is 1. The van der Waals surface area contributed by atoms with Gasteiger partial charge in [-0.1, -0.05) is 23.9 Å². The number of amides is 1. The van der Waals surface area contributed by atoms with Crippen LogP contribution in [0.15, 0.2) is 52.4 Å². The van der Waals surface area contributed by atoms with Gasteiger partial charge in [-0.25, -0.2) is 4.79 Å². The number of carbonyl (C=O) groups is 1. The molecule has 1 aliphatic rings. The normalized spacial score (nSPS) is 12.6. The van der Waals surface area contributed by atoms with Gasteiger partial charge in [-0.3, -0.25) is 14.3 Å². The Balaban J connectivity index is 1.49. The third kappa shape index (κ3) is 4.46. The van der Waals surface area contributed by atoms with Crippen LogP contribution in [0.1, 0.15) is 34.5 Å². The number of nitrogens with zero attached hydrogens (tertiary/aromatic N) is 3. The van der Waals surface area contributed by atoms with E-state index in [0.717, 1.165) is 47.5 Å². The zero-order valence-corrected chi connectivity index (χ0v) is 18.0. The fourth-order valence-corrected chi connectivity index (χ4v) is 4.55. The topological polar surface area (TPSA) is 76.9 Å². The molecular weight excluding hydrogens is 396 g/mol. The van der Waals surface area contributed by atoms with Gasteiger partial charge < -0.3 is 5.32 Å². The van der Waals surface area contributed by atoms with Gasteiger partial charge in [0.15, 0.2) is 0 Å². The highest BCUT2D eigenvalue weighted by Gasteiger charge is 2.22. The number of nitrogens with one attached hydrogen (secondary N) is 1. The van der Waals surface area contributed by atoms with E-state index in [0.29, 0.717) is 11.6 Å². The molecule has 0 fully saturated rings. The zero-order chi connectivity index (χ0) is 21.1. The quantitative estimate of drug-likeness (QED) is 0.488. The number of benzene rings is 1. The fraction of sp³-hybridized carbons (Fsp3) is 0.304. The minimum absolute atomic E-state index is 0.102. The summed E-state index contributed by atoms with van der Waals surface area (Å²) in [5, 5.41) is 3.61. The predicted octanol–water partition coefficient (Wildman–Crippen LogP) is 3.52. The predicted molar refractivity (Wildman–Crippen MR) is 119 cm³/mol. The summed E-state index contributed by atoms with van der Waals surface area (Å²) >= 11 is 1.34. The van der Waals surface area contributed by atoms with Crippen molar-refractivity contribution in [2.45, 2.75) is 44.7 Å². The Morgan fingerprint density at radius 3 is 2.80 bits per heavy atom. The molecule has 1 aromatic carbocycles. The van der Waals surface area contributed by atoms with Gasteiger partial charge in [0.2, 0.25) is 5.91 Å². The lowest BCUT2D eigenvalue weighted by Crippen LogP contribution is -2.28. The van der Waals surface area contributed by atoms with E-state index in [1.165, 1.54) is 17.3 Å². The van der Waals surface area contributed by atoms with Crippen LogP contribution in [-0.4, -0.2) is 26.2 Å². The van der Waals surface area contributed by atoms with E-state index in [4.69, 9.17) is 0 Å². The summed E-state index contributed by atoms with van der Waals surface area (Å²) in [7, 11) is 0. The van der Waals surface area contributed by atoms with Crippen molar-refractivity contribution in [3.8, 4) is 0 Å². The van der Waals surface area contributed by atoms with Crippen LogP contribution >= 0.6 is 11.8 Å². The first kappa shape index (κ1) is 20.3. The standard InChI is InChI=1S/C23H24N4O2S/c1-15-9-10-17(12-16(15)2)25-21(28)14-30-22-19-7-5-8-20(19)27(23(29)26-22)13-18-6-3-4-11-24-18/h3-4,6,9-12H,5,7-8,13-14H2,1-2H3,(H,25,28). The molecule has 0 aliphatic heterocycles. The lowest BCUT2D eigenvalue weighted by Gasteiger charge is -2.14. The lowest BCUT2D eigenvalue weighted by atomic mass is 10.1. The number of hydrogen-bond donors (Lipinski definition) is 1. The van der Waals surface area contributed by atoms with E-state index in [-0.39, 0.29) is 17.3 Å². The van der Waals surface area contributed by atoms with Crippen molar-refractivity contribution in [1.29, 1.82) is 0 Å². The maximum Gasteiger partial charge on any atom is 0.349 e. The third-order valence-electron chi connectivity index (χ3n) is 5.38. The van der Waals surface area contributed by atoms with Gasteiger partial charge in [0.1, 0.15) is 5.03 Å². The number of pyridine rings is 1. The molecular formula is C23H24N4O2S. The maximum absolute atomic E-state index is 12.7. The second-order valence-corrected chi connectivity index (χ2v) is 8.49. The van der Waals surface area contributed by atoms with Crippen LogP contribution in [0.25, 0.3) is 0 Å². The molecule has 0 bridgehead atoms. The number of fused-ring (bicyclic) bond motifs is 1. The molecule has 6 nitrogen and oxygen atoms in total. The molecule has 30 heavy (non-hydrogen) atoms. The Morgan fingerprint density at radius 1 is 1.17 bits per heavy atom. The Labute approximate surface area is 179 Å². The van der Waals surface area contributed by atoms with Crippen molar-refractivity contribution >= 4 is 23.4 Å². The summed E-state index contributed by atoms with van der Waals surface area (Å²) in [4.78, 5) is 33.8. The third-order valence-corrected chi connectivity index (χ3v) is 6.40. The van der Waals surface area contributed by atoms with E-state index in [1.807, 2.05) is 50.2 Å². The average Bonchev–Trinajstić information content (AvgIpc) is 3.22. The van der Waals surface area contributed by atoms with Crippen molar-refractivity contribution in [2.24, 2.45) is 0 Å². The molecule has 1 amide bonds. The molecule has 2 heterocycles. The Kier molecular flexibility index (Phi) is 5.99. The summed E-state index contributed by atoms with van der Waals surface area (Å²) in [5.74, 6) is 0.116. The van der Waals surface area contributed by atoms with Crippen LogP contribution in [0, 0.1) is 13.8 Å². The monoisotopic (exact) mass is 420 g/mol. The minimum Gasteiger partial charge on any atom is -0.325 e. The van der Waals surface area contributed by atoms with Gasteiger partial charge in [0.05, 0.1) is 18.0 Å². The van der Waals surface area contributed by atoms with Crippen molar-refractivity contribution in [3.05, 3.63) is 81.2 Å². The molecule has 0 saturated heterocycles. The van der Waals surface area contributed by atoms with Crippen LogP contribution in [-0.2, 0) is 24.2 Å². The summed E-state index contributed by atoms with van der Waals surface area (Å²) in [6, 6.07) is 11.5. The highest BCUT2D eigenvalue weighted by atomic mass is 32.2. The molecule has 154 valence electrons. The number of aromatic nitrogens is 3. The largest absolute Gasteiger partial charge is 0.349 e. The summed E-state index contributed by atoms with van der Waals surface area (Å²) in [6.45, 7) is 4.49. The highest BCUT2D eigenvalue weighted by Crippen LogP contribution is 2.29. The second kappa shape index (κ2) is 8.83. The van der Waals surface area contributed by atoms with Crippen LogP contribution < -0.4 is 11.0 Å². The highest BCUT2D eigenvalue weighted by molar-refractivity contribution is 8.00. The SMILES string of the molecule is Cc1ccc(NC(=O)CSc2nc(=O)n(Cc3ccccn3)c3c2CCC3)cc1C. The van der Waals surface area contributed by atoms with Crippen LogP contribution in [0.3, 0.4) is 0 Å². The molecule has 0 atom stereocenters. The minimum atomic E-state index is -0.279. The molecule has 2 aromatic heterocycles. The number of thioether (sulfide) groups is 1. The van der Waals surface area contributed by atoms with Crippen molar-refractivity contribution in [3.63, 3.8) is 0 Å².